The van der Waals surface area contributed by atoms with Gasteiger partial charge in [0, 0.05) is 12.6 Å². The molecular formula is C11H21F3N4O. The van der Waals surface area contributed by atoms with Crippen LogP contribution in [-0.2, 0) is 0 Å². The number of halogens is 3. The molecule has 2 aliphatic rings. The van der Waals surface area contributed by atoms with Crippen LogP contribution < -0.4 is 16.2 Å². The average molecular weight is 282 g/mol. The Bertz CT molecular complexity index is 302. The van der Waals surface area contributed by atoms with Gasteiger partial charge in [-0.25, -0.2) is 15.8 Å². The Morgan fingerprint density at radius 3 is 2.63 bits per heavy atom. The number of aliphatic hydroxyl groups is 1. The number of hydrazine groups is 1. The van der Waals surface area contributed by atoms with E-state index in [1.54, 1.807) is 11.9 Å². The van der Waals surface area contributed by atoms with Gasteiger partial charge < -0.3 is 10.4 Å². The van der Waals surface area contributed by atoms with Crippen molar-refractivity contribution in [2.45, 2.75) is 50.4 Å². The van der Waals surface area contributed by atoms with Crippen molar-refractivity contribution in [3.05, 3.63) is 0 Å². The quantitative estimate of drug-likeness (QED) is 0.601. The lowest BCUT2D eigenvalue weighted by atomic mass is 9.85. The van der Waals surface area contributed by atoms with Crippen LogP contribution in [0, 0.1) is 5.92 Å². The second-order valence-corrected chi connectivity index (χ2v) is 5.35. The third-order valence-corrected chi connectivity index (χ3v) is 3.99. The molecule has 4 atom stereocenters. The van der Waals surface area contributed by atoms with Crippen LogP contribution in [0.25, 0.3) is 0 Å². The van der Waals surface area contributed by atoms with Gasteiger partial charge in [-0.1, -0.05) is 6.42 Å². The fraction of sp³-hybridized carbons (Fsp3) is 1.00. The molecule has 2 rings (SSSR count). The van der Waals surface area contributed by atoms with Crippen molar-refractivity contribution in [1.29, 1.82) is 0 Å². The second kappa shape index (κ2) is 5.92. The molecular weight excluding hydrogens is 261 g/mol. The van der Waals surface area contributed by atoms with E-state index in [1.807, 2.05) is 0 Å². The maximum atomic E-state index is 12.7. The molecule has 0 aromatic heterocycles. The van der Waals surface area contributed by atoms with Crippen LogP contribution in [0.15, 0.2) is 0 Å². The predicted octanol–water partition coefficient (Wildman–Crippen LogP) is 0.339. The first kappa shape index (κ1) is 15.0. The van der Waals surface area contributed by atoms with E-state index in [1.165, 1.54) is 0 Å². The van der Waals surface area contributed by atoms with Crippen molar-refractivity contribution < 1.29 is 18.3 Å². The van der Waals surface area contributed by atoms with Crippen LogP contribution >= 0.6 is 0 Å². The molecule has 112 valence electrons. The fourth-order valence-electron chi connectivity index (χ4n) is 2.69. The summed E-state index contributed by atoms with van der Waals surface area (Å²) in [4.78, 5) is 1.68. The zero-order chi connectivity index (χ0) is 14.0. The number of aliphatic hydroxyl groups excluding tert-OH is 1. The fourth-order valence-corrected chi connectivity index (χ4v) is 2.69. The van der Waals surface area contributed by atoms with Crippen LogP contribution in [0.2, 0.25) is 0 Å². The molecule has 1 saturated heterocycles. The van der Waals surface area contributed by atoms with E-state index in [4.69, 9.17) is 0 Å². The third-order valence-electron chi connectivity index (χ3n) is 3.99. The number of nitrogens with one attached hydrogen (secondary N) is 3. The number of nitrogens with zero attached hydrogens (tertiary/aromatic N) is 1. The molecule has 0 amide bonds. The number of alkyl halides is 3. The van der Waals surface area contributed by atoms with Crippen LogP contribution in [0.4, 0.5) is 13.2 Å². The summed E-state index contributed by atoms with van der Waals surface area (Å²) < 4.78 is 38.0. The normalized spacial score (nSPS) is 37.7. The van der Waals surface area contributed by atoms with Crippen LogP contribution in [0.5, 0.6) is 0 Å². The molecule has 1 aliphatic carbocycles. The Hall–Kier alpha value is -0.410. The minimum atomic E-state index is -4.08. The first-order chi connectivity index (χ1) is 8.88. The summed E-state index contributed by atoms with van der Waals surface area (Å²) in [5.41, 5.74) is 5.53. The Morgan fingerprint density at radius 1 is 1.32 bits per heavy atom. The molecule has 0 aromatic carbocycles. The molecule has 19 heavy (non-hydrogen) atoms. The highest BCUT2D eigenvalue weighted by Crippen LogP contribution is 2.37. The average Bonchev–Trinajstić information content (AvgIpc) is 2.67. The summed E-state index contributed by atoms with van der Waals surface area (Å²) in [5.74, 6) is -1.18. The first-order valence-electron chi connectivity index (χ1n) is 6.59. The van der Waals surface area contributed by atoms with E-state index in [-0.39, 0.29) is 25.0 Å². The van der Waals surface area contributed by atoms with Crippen molar-refractivity contribution in [2.75, 3.05) is 13.6 Å². The van der Waals surface area contributed by atoms with E-state index >= 15 is 0 Å². The van der Waals surface area contributed by atoms with Gasteiger partial charge in [0.25, 0.3) is 0 Å². The van der Waals surface area contributed by atoms with Crippen molar-refractivity contribution >= 4 is 0 Å². The SMILES string of the molecule is CN1C(O)NNC1CNC1CCCC(C(F)(F)F)C1. The highest BCUT2D eigenvalue weighted by molar-refractivity contribution is 4.84. The molecule has 1 aliphatic heterocycles. The second-order valence-electron chi connectivity index (χ2n) is 5.35. The smallest absolute Gasteiger partial charge is 0.364 e. The number of likely N-dealkylation sites (N-methyl/N-ethyl adjacent to an activating group) is 1. The Labute approximate surface area is 110 Å². The largest absolute Gasteiger partial charge is 0.391 e. The summed E-state index contributed by atoms with van der Waals surface area (Å²) in [6, 6.07) is -0.103. The zero-order valence-corrected chi connectivity index (χ0v) is 10.9. The van der Waals surface area contributed by atoms with Crippen molar-refractivity contribution in [2.24, 2.45) is 5.92 Å². The van der Waals surface area contributed by atoms with E-state index < -0.39 is 18.4 Å². The van der Waals surface area contributed by atoms with Gasteiger partial charge in [0.05, 0.1) is 12.1 Å². The third kappa shape index (κ3) is 3.79. The van der Waals surface area contributed by atoms with Gasteiger partial charge in [0.15, 0.2) is 6.35 Å². The summed E-state index contributed by atoms with van der Waals surface area (Å²) in [5, 5.41) is 12.6. The topological polar surface area (TPSA) is 59.6 Å². The maximum Gasteiger partial charge on any atom is 0.391 e. The van der Waals surface area contributed by atoms with Gasteiger partial charge in [-0.05, 0) is 26.3 Å². The standard InChI is InChI=1S/C11H21F3N4O/c1-18-9(16-17-10(18)19)6-15-8-4-2-3-7(5-8)11(12,13)14/h7-10,15-17,19H,2-6H2,1H3. The predicted molar refractivity (Wildman–Crippen MR) is 63.6 cm³/mol. The van der Waals surface area contributed by atoms with Gasteiger partial charge in [0.2, 0.25) is 0 Å². The lowest BCUT2D eigenvalue weighted by molar-refractivity contribution is -0.183. The Morgan fingerprint density at radius 2 is 2.05 bits per heavy atom. The van der Waals surface area contributed by atoms with Crippen molar-refractivity contribution in [1.82, 2.24) is 21.1 Å². The number of hydrogen-bond donors (Lipinski definition) is 4. The lowest BCUT2D eigenvalue weighted by Gasteiger charge is -2.32. The lowest BCUT2D eigenvalue weighted by Crippen LogP contribution is -2.48. The van der Waals surface area contributed by atoms with E-state index in [2.05, 4.69) is 16.2 Å². The Balaban J connectivity index is 1.77. The molecule has 2 fully saturated rings. The van der Waals surface area contributed by atoms with Gasteiger partial charge in [0.1, 0.15) is 0 Å². The van der Waals surface area contributed by atoms with Crippen LogP contribution in [0.3, 0.4) is 0 Å². The zero-order valence-electron chi connectivity index (χ0n) is 10.9. The highest BCUT2D eigenvalue weighted by atomic mass is 19.4. The minimum Gasteiger partial charge on any atom is -0.364 e. The molecule has 5 nitrogen and oxygen atoms in total. The monoisotopic (exact) mass is 282 g/mol. The van der Waals surface area contributed by atoms with Gasteiger partial charge in [-0.3, -0.25) is 0 Å². The molecule has 1 saturated carbocycles. The van der Waals surface area contributed by atoms with Crippen LogP contribution in [-0.4, -0.2) is 48.3 Å². The van der Waals surface area contributed by atoms with Crippen molar-refractivity contribution in [3.8, 4) is 0 Å². The highest BCUT2D eigenvalue weighted by Gasteiger charge is 2.42. The summed E-state index contributed by atoms with van der Waals surface area (Å²) >= 11 is 0. The Kier molecular flexibility index (Phi) is 4.67. The summed E-state index contributed by atoms with van der Waals surface area (Å²) in [6.45, 7) is 0.496. The van der Waals surface area contributed by atoms with E-state index in [0.717, 1.165) is 6.42 Å². The molecule has 0 radical (unpaired) electrons. The molecule has 0 bridgehead atoms. The van der Waals surface area contributed by atoms with Gasteiger partial charge >= 0.3 is 6.18 Å². The summed E-state index contributed by atoms with van der Waals surface area (Å²) in [6.07, 6.45) is -3.20. The van der Waals surface area contributed by atoms with E-state index in [9.17, 15) is 18.3 Å². The molecule has 1 heterocycles. The molecule has 8 heteroatoms. The molecule has 0 aromatic rings. The minimum absolute atomic E-state index is 0.103. The van der Waals surface area contributed by atoms with Crippen molar-refractivity contribution in [3.63, 3.8) is 0 Å². The first-order valence-corrected chi connectivity index (χ1v) is 6.59. The maximum absolute atomic E-state index is 12.7. The molecule has 0 spiro atoms. The summed E-state index contributed by atoms with van der Waals surface area (Å²) in [7, 11) is 1.74. The number of hydrogen-bond acceptors (Lipinski definition) is 5. The van der Waals surface area contributed by atoms with Gasteiger partial charge in [-0.15, -0.1) is 0 Å². The number of rotatable bonds is 3. The molecule has 4 unspecified atom stereocenters. The molecule has 4 N–H and O–H groups in total. The van der Waals surface area contributed by atoms with Crippen LogP contribution in [0.1, 0.15) is 25.7 Å². The van der Waals surface area contributed by atoms with Gasteiger partial charge in [-0.2, -0.15) is 13.2 Å². The van der Waals surface area contributed by atoms with E-state index in [0.29, 0.717) is 13.0 Å².